The third-order valence-corrected chi connectivity index (χ3v) is 5.92. The number of carbonyl (C=O) groups excluding carboxylic acids is 1. The van der Waals surface area contributed by atoms with Crippen molar-refractivity contribution >= 4 is 5.78 Å². The molecule has 3 aromatic rings. The van der Waals surface area contributed by atoms with Gasteiger partial charge < -0.3 is 10.2 Å². The Morgan fingerprint density at radius 1 is 1.09 bits per heavy atom. The van der Waals surface area contributed by atoms with Gasteiger partial charge in [0, 0.05) is 48.5 Å². The number of rotatable bonds is 7. The van der Waals surface area contributed by atoms with Crippen LogP contribution in [0.3, 0.4) is 0 Å². The van der Waals surface area contributed by atoms with Crippen LogP contribution in [-0.4, -0.2) is 38.6 Å². The van der Waals surface area contributed by atoms with Crippen LogP contribution in [0.4, 0.5) is 13.2 Å². The number of nitrogens with zero attached hydrogens (tertiary/aromatic N) is 2. The van der Waals surface area contributed by atoms with E-state index < -0.39 is 11.8 Å². The largest absolute Gasteiger partial charge is 0.425 e. The molecule has 2 N–H and O–H groups in total. The van der Waals surface area contributed by atoms with Gasteiger partial charge in [-0.1, -0.05) is 30.7 Å². The van der Waals surface area contributed by atoms with E-state index in [2.05, 4.69) is 5.10 Å². The summed E-state index contributed by atoms with van der Waals surface area (Å²) in [5.74, 6) is -0.309. The SMILES string of the molecule is Cn1cc(-c2cc(C(=O)CCCCCO)cc3c2-c2ccccc2C3(O)C(F)(F)F)cn1. The van der Waals surface area contributed by atoms with E-state index in [1.807, 2.05) is 0 Å². The highest BCUT2D eigenvalue weighted by atomic mass is 19.4. The van der Waals surface area contributed by atoms with Crippen LogP contribution in [0.1, 0.15) is 47.2 Å². The number of unbranched alkanes of at least 4 members (excludes halogenated alkanes) is 2. The van der Waals surface area contributed by atoms with E-state index in [-0.39, 0.29) is 46.6 Å². The summed E-state index contributed by atoms with van der Waals surface area (Å²) >= 11 is 0. The molecule has 2 aromatic carbocycles. The van der Waals surface area contributed by atoms with Crippen molar-refractivity contribution in [2.24, 2.45) is 7.05 Å². The van der Waals surface area contributed by atoms with E-state index in [1.54, 1.807) is 31.4 Å². The van der Waals surface area contributed by atoms with Crippen LogP contribution in [0.25, 0.3) is 22.3 Å². The van der Waals surface area contributed by atoms with Crippen molar-refractivity contribution in [1.29, 1.82) is 0 Å². The predicted octanol–water partition coefficient (Wildman–Crippen LogP) is 4.60. The zero-order valence-electron chi connectivity index (χ0n) is 17.5. The first-order valence-electron chi connectivity index (χ1n) is 10.4. The standard InChI is InChI=1S/C24H23F3N2O3/c1-29-14-16(13-28-29)18-11-15(21(31)9-3-2-6-10-30)12-20-22(18)17-7-4-5-8-19(17)23(20,32)24(25,26)27/h4-5,7-8,11-14,30,32H,2-3,6,9-10H2,1H3. The molecule has 1 atom stereocenters. The summed E-state index contributed by atoms with van der Waals surface area (Å²) in [6.45, 7) is 0.0229. The van der Waals surface area contributed by atoms with Crippen molar-refractivity contribution < 1.29 is 28.2 Å². The van der Waals surface area contributed by atoms with Gasteiger partial charge in [-0.15, -0.1) is 0 Å². The van der Waals surface area contributed by atoms with Crippen molar-refractivity contribution in [1.82, 2.24) is 9.78 Å². The molecular formula is C24H23F3N2O3. The van der Waals surface area contributed by atoms with Crippen molar-refractivity contribution in [2.45, 2.75) is 37.5 Å². The highest BCUT2D eigenvalue weighted by Gasteiger charge is 2.61. The molecule has 32 heavy (non-hydrogen) atoms. The van der Waals surface area contributed by atoms with E-state index in [4.69, 9.17) is 5.11 Å². The van der Waals surface area contributed by atoms with Crippen molar-refractivity contribution in [3.8, 4) is 22.3 Å². The molecule has 4 rings (SSSR count). The van der Waals surface area contributed by atoms with Gasteiger partial charge in [0.05, 0.1) is 6.20 Å². The Hall–Kier alpha value is -2.97. The Morgan fingerprint density at radius 2 is 1.84 bits per heavy atom. The molecule has 1 heterocycles. The zero-order valence-corrected chi connectivity index (χ0v) is 17.5. The first-order chi connectivity index (χ1) is 15.2. The summed E-state index contributed by atoms with van der Waals surface area (Å²) in [5, 5.41) is 24.1. The zero-order chi connectivity index (χ0) is 23.1. The van der Waals surface area contributed by atoms with E-state index in [0.717, 1.165) is 0 Å². The molecule has 1 aliphatic rings. The highest BCUT2D eigenvalue weighted by molar-refractivity contribution is 6.01. The minimum Gasteiger partial charge on any atom is -0.396 e. The number of benzene rings is 2. The number of aryl methyl sites for hydroxylation is 1. The maximum atomic E-state index is 14.3. The third-order valence-electron chi connectivity index (χ3n) is 5.92. The number of hydrogen-bond donors (Lipinski definition) is 2. The van der Waals surface area contributed by atoms with Crippen molar-refractivity contribution in [3.05, 3.63) is 65.5 Å². The summed E-state index contributed by atoms with van der Waals surface area (Å²) in [6.07, 6.45) is 0.0635. The molecule has 168 valence electrons. The van der Waals surface area contributed by atoms with Gasteiger partial charge in [-0.2, -0.15) is 18.3 Å². The molecule has 1 aliphatic carbocycles. The molecule has 0 aliphatic heterocycles. The van der Waals surface area contributed by atoms with Gasteiger partial charge >= 0.3 is 6.18 Å². The van der Waals surface area contributed by atoms with Crippen molar-refractivity contribution in [2.75, 3.05) is 6.61 Å². The Bertz CT molecular complexity index is 1170. The topological polar surface area (TPSA) is 75.4 Å². The lowest BCUT2D eigenvalue weighted by molar-refractivity contribution is -0.246. The van der Waals surface area contributed by atoms with Crippen LogP contribution in [0.5, 0.6) is 0 Å². The van der Waals surface area contributed by atoms with Crippen LogP contribution in [0.2, 0.25) is 0 Å². The molecule has 0 bridgehead atoms. The maximum absolute atomic E-state index is 14.3. The van der Waals surface area contributed by atoms with E-state index in [1.165, 1.54) is 29.1 Å². The van der Waals surface area contributed by atoms with Gasteiger partial charge in [-0.25, -0.2) is 0 Å². The third kappa shape index (κ3) is 3.53. The molecule has 1 unspecified atom stereocenters. The summed E-state index contributed by atoms with van der Waals surface area (Å²) < 4.78 is 44.4. The molecule has 0 spiro atoms. The summed E-state index contributed by atoms with van der Waals surface area (Å²) in [7, 11) is 1.69. The van der Waals surface area contributed by atoms with Gasteiger partial charge in [0.2, 0.25) is 5.60 Å². The second kappa shape index (κ2) is 8.18. The lowest BCUT2D eigenvalue weighted by Gasteiger charge is -2.28. The van der Waals surface area contributed by atoms with Crippen LogP contribution in [-0.2, 0) is 12.6 Å². The maximum Gasteiger partial charge on any atom is 0.425 e. The number of ketones is 1. The minimum atomic E-state index is -4.98. The monoisotopic (exact) mass is 444 g/mol. The molecule has 0 saturated heterocycles. The molecule has 5 nitrogen and oxygen atoms in total. The van der Waals surface area contributed by atoms with Crippen LogP contribution in [0, 0.1) is 0 Å². The predicted molar refractivity (Wildman–Crippen MR) is 113 cm³/mol. The number of halogens is 3. The fraction of sp³-hybridized carbons (Fsp3) is 0.333. The Morgan fingerprint density at radius 3 is 2.50 bits per heavy atom. The van der Waals surface area contributed by atoms with Gasteiger partial charge in [-0.05, 0) is 41.7 Å². The van der Waals surface area contributed by atoms with E-state index in [0.29, 0.717) is 30.4 Å². The van der Waals surface area contributed by atoms with Gasteiger partial charge in [-0.3, -0.25) is 9.48 Å². The fourth-order valence-electron chi connectivity index (χ4n) is 4.35. The Balaban J connectivity index is 1.93. The molecule has 8 heteroatoms. The van der Waals surface area contributed by atoms with Crippen LogP contribution >= 0.6 is 0 Å². The normalized spacial score (nSPS) is 17.3. The summed E-state index contributed by atoms with van der Waals surface area (Å²) in [6, 6.07) is 8.66. The number of fused-ring (bicyclic) bond motifs is 3. The average Bonchev–Trinajstić information content (AvgIpc) is 3.31. The summed E-state index contributed by atoms with van der Waals surface area (Å²) in [4.78, 5) is 12.9. The minimum absolute atomic E-state index is 0.0229. The highest BCUT2D eigenvalue weighted by Crippen LogP contribution is 2.57. The van der Waals surface area contributed by atoms with Crippen molar-refractivity contribution in [3.63, 3.8) is 0 Å². The second-order valence-corrected chi connectivity index (χ2v) is 8.06. The number of carbonyl (C=O) groups is 1. The molecule has 1 aromatic heterocycles. The van der Waals surface area contributed by atoms with Crippen LogP contribution < -0.4 is 0 Å². The first kappa shape index (κ1) is 22.2. The summed E-state index contributed by atoms with van der Waals surface area (Å²) in [5.41, 5.74) is -2.19. The Labute approximate surface area is 183 Å². The lowest BCUT2D eigenvalue weighted by Crippen LogP contribution is -2.41. The number of alkyl halides is 3. The van der Waals surface area contributed by atoms with E-state index in [9.17, 15) is 23.1 Å². The van der Waals surface area contributed by atoms with Gasteiger partial charge in [0.15, 0.2) is 5.78 Å². The lowest BCUT2D eigenvalue weighted by atomic mass is 9.86. The average molecular weight is 444 g/mol. The number of aromatic nitrogens is 2. The second-order valence-electron chi connectivity index (χ2n) is 8.06. The van der Waals surface area contributed by atoms with Gasteiger partial charge in [0.1, 0.15) is 0 Å². The quantitative estimate of drug-likeness (QED) is 0.413. The first-order valence-corrected chi connectivity index (χ1v) is 10.4. The Kier molecular flexibility index (Phi) is 5.68. The number of aliphatic hydroxyl groups excluding tert-OH is 1. The smallest absolute Gasteiger partial charge is 0.396 e. The number of aliphatic hydroxyl groups is 2. The molecule has 0 radical (unpaired) electrons. The molecule has 0 fully saturated rings. The van der Waals surface area contributed by atoms with Crippen LogP contribution in [0.15, 0.2) is 48.8 Å². The molecule has 0 amide bonds. The fourth-order valence-corrected chi connectivity index (χ4v) is 4.35. The van der Waals surface area contributed by atoms with Gasteiger partial charge in [0.25, 0.3) is 0 Å². The van der Waals surface area contributed by atoms with E-state index >= 15 is 0 Å². The number of Topliss-reactive ketones (excluding diaryl/α,β-unsaturated/α-hetero) is 1. The molecule has 0 saturated carbocycles. The number of hydrogen-bond acceptors (Lipinski definition) is 4. The molecular weight excluding hydrogens is 421 g/mol.